The molecule has 1 aliphatic carbocycles. The molecule has 1 atom stereocenters. The molecule has 2 aromatic rings. The Morgan fingerprint density at radius 1 is 1.46 bits per heavy atom. The number of aryl methyl sites for hydroxylation is 2. The van der Waals surface area contributed by atoms with Crippen molar-refractivity contribution in [3.63, 3.8) is 0 Å². The van der Waals surface area contributed by atoms with E-state index in [-0.39, 0.29) is 5.91 Å². The highest BCUT2D eigenvalue weighted by Gasteiger charge is 2.40. The van der Waals surface area contributed by atoms with Crippen LogP contribution in [-0.4, -0.2) is 45.2 Å². The van der Waals surface area contributed by atoms with Crippen molar-refractivity contribution in [2.45, 2.75) is 38.2 Å². The summed E-state index contributed by atoms with van der Waals surface area (Å²) in [4.78, 5) is 18.4. The van der Waals surface area contributed by atoms with Crippen molar-refractivity contribution in [2.75, 3.05) is 13.6 Å². The van der Waals surface area contributed by atoms with Crippen LogP contribution in [0.4, 0.5) is 0 Å². The van der Waals surface area contributed by atoms with Crippen LogP contribution in [0, 0.1) is 6.92 Å². The maximum absolute atomic E-state index is 12.7. The largest absolute Gasteiger partial charge is 0.380 e. The Hall–Kier alpha value is -1.73. The lowest BCUT2D eigenvalue weighted by molar-refractivity contribution is -0.151. The molecule has 0 saturated heterocycles. The van der Waals surface area contributed by atoms with Gasteiger partial charge in [0.1, 0.15) is 5.60 Å². The standard InChI is InChI=1S/C17H20BrN3O3/c1-11-19-15(20-24-11)6-8-21(2)16(22)17(23)7-5-12-9-14(18)4-3-13(12)10-17/h3-4,9,23H,5-8,10H2,1-2H3. The molecular formula is C17H20BrN3O3. The molecule has 128 valence electrons. The monoisotopic (exact) mass is 393 g/mol. The van der Waals surface area contributed by atoms with Gasteiger partial charge in [0, 0.05) is 37.8 Å². The Balaban J connectivity index is 1.66. The molecule has 3 rings (SSSR count). The second kappa shape index (κ2) is 6.64. The first-order chi connectivity index (χ1) is 11.4. The van der Waals surface area contributed by atoms with Crippen molar-refractivity contribution in [1.29, 1.82) is 0 Å². The van der Waals surface area contributed by atoms with Crippen LogP contribution >= 0.6 is 15.9 Å². The normalized spacial score (nSPS) is 19.8. The average molecular weight is 394 g/mol. The summed E-state index contributed by atoms with van der Waals surface area (Å²) in [5.41, 5.74) is 0.872. The first kappa shape index (κ1) is 17.1. The minimum absolute atomic E-state index is 0.253. The Morgan fingerprint density at radius 2 is 2.25 bits per heavy atom. The summed E-state index contributed by atoms with van der Waals surface area (Å²) < 4.78 is 5.94. The zero-order valence-electron chi connectivity index (χ0n) is 13.8. The highest BCUT2D eigenvalue weighted by molar-refractivity contribution is 9.10. The van der Waals surface area contributed by atoms with E-state index in [1.165, 1.54) is 5.56 Å². The second-order valence-electron chi connectivity index (χ2n) is 6.33. The van der Waals surface area contributed by atoms with Gasteiger partial charge < -0.3 is 14.5 Å². The molecule has 1 aromatic carbocycles. The van der Waals surface area contributed by atoms with E-state index in [0.29, 0.717) is 43.9 Å². The Labute approximate surface area is 149 Å². The SMILES string of the molecule is Cc1nc(CCN(C)C(=O)C2(O)CCc3cc(Br)ccc3C2)no1. The zero-order valence-corrected chi connectivity index (χ0v) is 15.3. The van der Waals surface area contributed by atoms with E-state index >= 15 is 0 Å². The van der Waals surface area contributed by atoms with Gasteiger partial charge >= 0.3 is 0 Å². The van der Waals surface area contributed by atoms with Gasteiger partial charge in [0.15, 0.2) is 5.82 Å². The van der Waals surface area contributed by atoms with Crippen molar-refractivity contribution < 1.29 is 14.4 Å². The molecule has 7 heteroatoms. The molecule has 1 aliphatic rings. The maximum Gasteiger partial charge on any atom is 0.254 e. The summed E-state index contributed by atoms with van der Waals surface area (Å²) in [7, 11) is 1.70. The number of benzene rings is 1. The van der Waals surface area contributed by atoms with Crippen LogP contribution < -0.4 is 0 Å². The van der Waals surface area contributed by atoms with Gasteiger partial charge in [-0.25, -0.2) is 0 Å². The number of rotatable bonds is 4. The van der Waals surface area contributed by atoms with E-state index in [1.54, 1.807) is 18.9 Å². The molecular weight excluding hydrogens is 374 g/mol. The number of halogens is 1. The fraction of sp³-hybridized carbons (Fsp3) is 0.471. The van der Waals surface area contributed by atoms with Crippen LogP contribution in [0.3, 0.4) is 0 Å². The van der Waals surface area contributed by atoms with Gasteiger partial charge in [-0.15, -0.1) is 0 Å². The summed E-state index contributed by atoms with van der Waals surface area (Å²) in [6, 6.07) is 5.97. The fourth-order valence-electron chi connectivity index (χ4n) is 3.09. The molecule has 1 aromatic heterocycles. The van der Waals surface area contributed by atoms with E-state index < -0.39 is 5.60 Å². The van der Waals surface area contributed by atoms with Gasteiger partial charge in [-0.3, -0.25) is 4.79 Å². The van der Waals surface area contributed by atoms with E-state index in [9.17, 15) is 9.90 Å². The number of likely N-dealkylation sites (N-methyl/N-ethyl adjacent to an activating group) is 1. The summed E-state index contributed by atoms with van der Waals surface area (Å²) in [6.07, 6.45) is 1.97. The zero-order chi connectivity index (χ0) is 17.3. The van der Waals surface area contributed by atoms with Crippen molar-refractivity contribution in [3.05, 3.63) is 45.5 Å². The summed E-state index contributed by atoms with van der Waals surface area (Å²) in [5, 5.41) is 14.7. The molecule has 6 nitrogen and oxygen atoms in total. The second-order valence-corrected chi connectivity index (χ2v) is 7.24. The fourth-order valence-corrected chi connectivity index (χ4v) is 3.50. The van der Waals surface area contributed by atoms with Gasteiger partial charge in [0.05, 0.1) is 0 Å². The lowest BCUT2D eigenvalue weighted by atomic mass is 9.79. The van der Waals surface area contributed by atoms with Gasteiger partial charge in [-0.2, -0.15) is 4.98 Å². The van der Waals surface area contributed by atoms with Crippen molar-refractivity contribution in [2.24, 2.45) is 0 Å². The quantitative estimate of drug-likeness (QED) is 0.859. The van der Waals surface area contributed by atoms with Crippen LogP contribution in [0.1, 0.15) is 29.3 Å². The van der Waals surface area contributed by atoms with E-state index in [4.69, 9.17) is 4.52 Å². The number of carbonyl (C=O) groups is 1. The highest BCUT2D eigenvalue weighted by Crippen LogP contribution is 2.31. The van der Waals surface area contributed by atoms with Gasteiger partial charge in [0.25, 0.3) is 5.91 Å². The number of aromatic nitrogens is 2. The molecule has 1 heterocycles. The number of fused-ring (bicyclic) bond motifs is 1. The Kier molecular flexibility index (Phi) is 4.73. The van der Waals surface area contributed by atoms with Crippen molar-refractivity contribution in [3.8, 4) is 0 Å². The number of hydrogen-bond donors (Lipinski definition) is 1. The molecule has 24 heavy (non-hydrogen) atoms. The van der Waals surface area contributed by atoms with Crippen LogP contribution in [0.15, 0.2) is 27.2 Å². The highest BCUT2D eigenvalue weighted by atomic mass is 79.9. The van der Waals surface area contributed by atoms with Crippen LogP contribution in [0.5, 0.6) is 0 Å². The first-order valence-electron chi connectivity index (χ1n) is 7.92. The Bertz CT molecular complexity index is 761. The average Bonchev–Trinajstić information content (AvgIpc) is 2.97. The number of hydrogen-bond acceptors (Lipinski definition) is 5. The third kappa shape index (κ3) is 3.52. The van der Waals surface area contributed by atoms with E-state index in [2.05, 4.69) is 32.1 Å². The topological polar surface area (TPSA) is 79.5 Å². The van der Waals surface area contributed by atoms with Crippen LogP contribution in [0.25, 0.3) is 0 Å². The minimum atomic E-state index is -1.34. The number of carbonyl (C=O) groups excluding carboxylic acids is 1. The number of aliphatic hydroxyl groups is 1. The molecule has 0 saturated carbocycles. The van der Waals surface area contributed by atoms with Crippen LogP contribution in [-0.2, 0) is 24.1 Å². The first-order valence-corrected chi connectivity index (χ1v) is 8.71. The van der Waals surface area contributed by atoms with Gasteiger partial charge in [-0.1, -0.05) is 27.2 Å². The summed E-state index contributed by atoms with van der Waals surface area (Å²) >= 11 is 3.46. The number of nitrogens with zero attached hydrogens (tertiary/aromatic N) is 3. The minimum Gasteiger partial charge on any atom is -0.380 e. The predicted octanol–water partition coefficient (Wildman–Crippen LogP) is 2.06. The Morgan fingerprint density at radius 3 is 2.96 bits per heavy atom. The van der Waals surface area contributed by atoms with Crippen molar-refractivity contribution in [1.82, 2.24) is 15.0 Å². The number of amides is 1. The lowest BCUT2D eigenvalue weighted by Crippen LogP contribution is -2.51. The maximum atomic E-state index is 12.7. The molecule has 0 radical (unpaired) electrons. The van der Waals surface area contributed by atoms with Gasteiger partial charge in [0.2, 0.25) is 5.89 Å². The smallest absolute Gasteiger partial charge is 0.254 e. The van der Waals surface area contributed by atoms with E-state index in [1.807, 2.05) is 12.1 Å². The third-order valence-electron chi connectivity index (χ3n) is 4.44. The van der Waals surface area contributed by atoms with Crippen LogP contribution in [0.2, 0.25) is 0 Å². The molecule has 0 fully saturated rings. The summed E-state index contributed by atoms with van der Waals surface area (Å²) in [6.45, 7) is 2.17. The van der Waals surface area contributed by atoms with E-state index in [0.717, 1.165) is 10.0 Å². The molecule has 0 spiro atoms. The molecule has 0 bridgehead atoms. The predicted molar refractivity (Wildman–Crippen MR) is 91.5 cm³/mol. The third-order valence-corrected chi connectivity index (χ3v) is 4.94. The molecule has 0 aliphatic heterocycles. The lowest BCUT2D eigenvalue weighted by Gasteiger charge is -2.35. The molecule has 1 amide bonds. The summed E-state index contributed by atoms with van der Waals surface area (Å²) in [5.74, 6) is 0.821. The molecule has 1 N–H and O–H groups in total. The van der Waals surface area contributed by atoms with Gasteiger partial charge in [-0.05, 0) is 36.1 Å². The molecule has 1 unspecified atom stereocenters. The van der Waals surface area contributed by atoms with Crippen molar-refractivity contribution >= 4 is 21.8 Å².